The number of amides is 1. The lowest BCUT2D eigenvalue weighted by atomic mass is 9.96. The van der Waals surface area contributed by atoms with E-state index in [0.717, 1.165) is 22.7 Å². The van der Waals surface area contributed by atoms with Crippen molar-refractivity contribution in [3.8, 4) is 0 Å². The molecule has 0 spiro atoms. The summed E-state index contributed by atoms with van der Waals surface area (Å²) in [6.45, 7) is 7.93. The molecule has 2 heterocycles. The SMILES string of the molecule is CCc1ccc(NC(=O)CSc2nc(C(C)(C)C)nc3c2c(=O)n(C)c(=O)n3C)cc1. The zero-order valence-electron chi connectivity index (χ0n) is 18.6. The van der Waals surface area contributed by atoms with Crippen LogP contribution in [0.25, 0.3) is 11.0 Å². The Morgan fingerprint density at radius 2 is 1.71 bits per heavy atom. The number of anilines is 1. The van der Waals surface area contributed by atoms with Gasteiger partial charge in [-0.15, -0.1) is 0 Å². The molecular formula is C22H27N5O3S. The molecule has 0 atom stereocenters. The van der Waals surface area contributed by atoms with E-state index in [1.807, 2.05) is 45.0 Å². The number of aryl methyl sites for hydroxylation is 2. The molecule has 0 unspecified atom stereocenters. The molecule has 9 heteroatoms. The number of hydrogen-bond acceptors (Lipinski definition) is 6. The van der Waals surface area contributed by atoms with Crippen molar-refractivity contribution in [3.63, 3.8) is 0 Å². The minimum absolute atomic E-state index is 0.0667. The van der Waals surface area contributed by atoms with Crippen LogP contribution in [-0.4, -0.2) is 30.8 Å². The van der Waals surface area contributed by atoms with Gasteiger partial charge in [0, 0.05) is 25.2 Å². The third-order valence-electron chi connectivity index (χ3n) is 4.92. The van der Waals surface area contributed by atoms with Crippen molar-refractivity contribution in [1.29, 1.82) is 0 Å². The second-order valence-electron chi connectivity index (χ2n) is 8.39. The topological polar surface area (TPSA) is 98.9 Å². The van der Waals surface area contributed by atoms with Gasteiger partial charge >= 0.3 is 5.69 Å². The van der Waals surface area contributed by atoms with Crippen molar-refractivity contribution in [1.82, 2.24) is 19.1 Å². The Bertz CT molecular complexity index is 1250. The number of aromatic nitrogens is 4. The number of carbonyl (C=O) groups excluding carboxylic acids is 1. The molecule has 164 valence electrons. The standard InChI is InChI=1S/C22H27N5O3S/c1-7-13-8-10-14(11-9-13)23-15(28)12-31-18-16-17(24-20(25-18)22(2,3)4)26(5)21(30)27(6)19(16)29/h8-11H,7,12H2,1-6H3,(H,23,28). The lowest BCUT2D eigenvalue weighted by Crippen LogP contribution is -2.38. The average molecular weight is 442 g/mol. The summed E-state index contributed by atoms with van der Waals surface area (Å²) in [5, 5.41) is 3.49. The highest BCUT2D eigenvalue weighted by Crippen LogP contribution is 2.27. The summed E-state index contributed by atoms with van der Waals surface area (Å²) >= 11 is 1.16. The summed E-state index contributed by atoms with van der Waals surface area (Å²) in [4.78, 5) is 46.8. The monoisotopic (exact) mass is 441 g/mol. The maximum absolute atomic E-state index is 12.8. The molecular weight excluding hydrogens is 414 g/mol. The van der Waals surface area contributed by atoms with E-state index in [2.05, 4.69) is 22.2 Å². The number of thioether (sulfide) groups is 1. The van der Waals surface area contributed by atoms with Gasteiger partial charge in [0.2, 0.25) is 5.91 Å². The summed E-state index contributed by atoms with van der Waals surface area (Å²) < 4.78 is 2.37. The van der Waals surface area contributed by atoms with Crippen LogP contribution in [0.4, 0.5) is 5.69 Å². The van der Waals surface area contributed by atoms with E-state index >= 15 is 0 Å². The largest absolute Gasteiger partial charge is 0.332 e. The summed E-state index contributed by atoms with van der Waals surface area (Å²) in [6, 6.07) is 7.68. The molecule has 8 nitrogen and oxygen atoms in total. The van der Waals surface area contributed by atoms with E-state index in [-0.39, 0.29) is 22.7 Å². The second-order valence-corrected chi connectivity index (χ2v) is 9.36. The maximum atomic E-state index is 12.8. The van der Waals surface area contributed by atoms with Crippen molar-refractivity contribution in [2.75, 3.05) is 11.1 Å². The van der Waals surface area contributed by atoms with E-state index in [9.17, 15) is 14.4 Å². The maximum Gasteiger partial charge on any atom is 0.332 e. The number of fused-ring (bicyclic) bond motifs is 1. The molecule has 1 aromatic carbocycles. The second kappa shape index (κ2) is 8.66. The molecule has 1 amide bonds. The molecule has 0 aliphatic carbocycles. The van der Waals surface area contributed by atoms with Crippen LogP contribution in [0.15, 0.2) is 38.9 Å². The van der Waals surface area contributed by atoms with Crippen LogP contribution < -0.4 is 16.6 Å². The molecule has 0 saturated carbocycles. The molecule has 31 heavy (non-hydrogen) atoms. The van der Waals surface area contributed by atoms with Gasteiger partial charge in [-0.05, 0) is 24.1 Å². The molecule has 0 aliphatic heterocycles. The van der Waals surface area contributed by atoms with Gasteiger partial charge in [0.25, 0.3) is 5.56 Å². The van der Waals surface area contributed by atoms with Gasteiger partial charge in [-0.2, -0.15) is 0 Å². The summed E-state index contributed by atoms with van der Waals surface area (Å²) in [5.74, 6) is 0.360. The van der Waals surface area contributed by atoms with Crippen LogP contribution in [0.5, 0.6) is 0 Å². The average Bonchev–Trinajstić information content (AvgIpc) is 2.74. The zero-order chi connectivity index (χ0) is 22.9. The fourth-order valence-electron chi connectivity index (χ4n) is 3.02. The molecule has 0 bridgehead atoms. The van der Waals surface area contributed by atoms with Crippen LogP contribution in [0.3, 0.4) is 0 Å². The van der Waals surface area contributed by atoms with E-state index in [1.54, 1.807) is 7.05 Å². The Morgan fingerprint density at radius 3 is 2.29 bits per heavy atom. The number of carbonyl (C=O) groups is 1. The van der Waals surface area contributed by atoms with E-state index in [4.69, 9.17) is 0 Å². The number of hydrogen-bond donors (Lipinski definition) is 1. The highest BCUT2D eigenvalue weighted by molar-refractivity contribution is 8.00. The Labute approximate surface area is 184 Å². The van der Waals surface area contributed by atoms with Crippen LogP contribution >= 0.6 is 11.8 Å². The van der Waals surface area contributed by atoms with Crippen molar-refractivity contribution >= 4 is 34.4 Å². The first-order valence-corrected chi connectivity index (χ1v) is 11.0. The zero-order valence-corrected chi connectivity index (χ0v) is 19.5. The normalized spacial score (nSPS) is 11.7. The van der Waals surface area contributed by atoms with Crippen molar-refractivity contribution in [2.45, 2.75) is 44.6 Å². The Kier molecular flexibility index (Phi) is 6.35. The number of rotatable bonds is 5. The molecule has 3 aromatic rings. The molecule has 1 N–H and O–H groups in total. The van der Waals surface area contributed by atoms with Crippen molar-refractivity contribution < 1.29 is 4.79 Å². The molecule has 0 aliphatic rings. The van der Waals surface area contributed by atoms with Gasteiger partial charge in [-0.25, -0.2) is 14.8 Å². The first kappa shape index (κ1) is 22.7. The smallest absolute Gasteiger partial charge is 0.325 e. The first-order valence-electron chi connectivity index (χ1n) is 10.0. The number of nitrogens with zero attached hydrogens (tertiary/aromatic N) is 4. The van der Waals surface area contributed by atoms with Gasteiger partial charge in [-0.1, -0.05) is 51.6 Å². The van der Waals surface area contributed by atoms with Crippen molar-refractivity contribution in [3.05, 3.63) is 56.5 Å². The predicted octanol–water partition coefficient (Wildman–Crippen LogP) is 2.62. The minimum Gasteiger partial charge on any atom is -0.325 e. The molecule has 0 fully saturated rings. The Hall–Kier alpha value is -2.94. The number of benzene rings is 1. The lowest BCUT2D eigenvalue weighted by molar-refractivity contribution is -0.113. The molecule has 0 saturated heterocycles. The Balaban J connectivity index is 1.97. The summed E-state index contributed by atoms with van der Waals surface area (Å²) in [7, 11) is 2.99. The van der Waals surface area contributed by atoms with Crippen LogP contribution in [0, 0.1) is 0 Å². The van der Waals surface area contributed by atoms with Gasteiger partial charge in [0.1, 0.15) is 16.2 Å². The highest BCUT2D eigenvalue weighted by atomic mass is 32.2. The number of nitrogens with one attached hydrogen (secondary N) is 1. The Morgan fingerprint density at radius 1 is 1.06 bits per heavy atom. The highest BCUT2D eigenvalue weighted by Gasteiger charge is 2.24. The molecule has 0 radical (unpaired) electrons. The third kappa shape index (κ3) is 4.71. The van der Waals surface area contributed by atoms with Gasteiger partial charge < -0.3 is 5.32 Å². The van der Waals surface area contributed by atoms with Crippen LogP contribution in [0.1, 0.15) is 39.1 Å². The lowest BCUT2D eigenvalue weighted by Gasteiger charge is -2.19. The summed E-state index contributed by atoms with van der Waals surface area (Å²) in [6.07, 6.45) is 0.929. The first-order chi connectivity index (χ1) is 14.5. The van der Waals surface area contributed by atoms with Gasteiger partial charge in [0.15, 0.2) is 5.65 Å². The van der Waals surface area contributed by atoms with Crippen LogP contribution in [-0.2, 0) is 30.7 Å². The van der Waals surface area contributed by atoms with E-state index in [1.165, 1.54) is 17.2 Å². The van der Waals surface area contributed by atoms with Gasteiger partial charge in [-0.3, -0.25) is 18.7 Å². The van der Waals surface area contributed by atoms with Crippen molar-refractivity contribution in [2.24, 2.45) is 14.1 Å². The van der Waals surface area contributed by atoms with E-state index in [0.29, 0.717) is 16.5 Å². The third-order valence-corrected chi connectivity index (χ3v) is 5.90. The molecule has 3 rings (SSSR count). The predicted molar refractivity (Wildman–Crippen MR) is 124 cm³/mol. The minimum atomic E-state index is -0.475. The molecule has 2 aromatic heterocycles. The summed E-state index contributed by atoms with van der Waals surface area (Å²) in [5.41, 5.74) is 0.840. The van der Waals surface area contributed by atoms with Gasteiger partial charge in [0.05, 0.1) is 5.75 Å². The van der Waals surface area contributed by atoms with Crippen LogP contribution in [0.2, 0.25) is 0 Å². The fourth-order valence-corrected chi connectivity index (χ4v) is 3.84. The van der Waals surface area contributed by atoms with E-state index < -0.39 is 16.7 Å². The fraction of sp³-hybridized carbons (Fsp3) is 0.409. The quantitative estimate of drug-likeness (QED) is 0.483.